The van der Waals surface area contributed by atoms with Crippen LogP contribution in [0.5, 0.6) is 0 Å². The molecule has 2 aromatic rings. The highest BCUT2D eigenvalue weighted by Crippen LogP contribution is 2.31. The topological polar surface area (TPSA) is 87.3 Å². The highest BCUT2D eigenvalue weighted by Gasteiger charge is 2.29. The summed E-state index contributed by atoms with van der Waals surface area (Å²) in [5.41, 5.74) is 3.15. The zero-order valence-corrected chi connectivity index (χ0v) is 16.0. The molecular weight excluding hydrogens is 362 g/mol. The lowest BCUT2D eigenvalue weighted by molar-refractivity contribution is -0.120. The van der Waals surface area contributed by atoms with E-state index in [1.54, 1.807) is 11.8 Å². The lowest BCUT2D eigenvalue weighted by atomic mass is 10.1. The van der Waals surface area contributed by atoms with Crippen LogP contribution in [0.1, 0.15) is 24.0 Å². The third-order valence-electron chi connectivity index (χ3n) is 4.23. The van der Waals surface area contributed by atoms with Crippen LogP contribution in [0.2, 0.25) is 0 Å². The molecule has 1 aliphatic heterocycles. The SMILES string of the molecule is Cc1ccc(C)c(Sc2ccc(NC(=O)CCC3NC(=O)NC3=O)cc2)c1. The minimum atomic E-state index is -0.639. The Morgan fingerprint density at radius 2 is 1.85 bits per heavy atom. The number of hydrogen-bond donors (Lipinski definition) is 3. The van der Waals surface area contributed by atoms with Crippen LogP contribution in [0, 0.1) is 13.8 Å². The first kappa shape index (κ1) is 19.0. The number of benzene rings is 2. The fourth-order valence-electron chi connectivity index (χ4n) is 2.71. The molecule has 1 atom stereocenters. The number of carbonyl (C=O) groups excluding carboxylic acids is 3. The smallest absolute Gasteiger partial charge is 0.322 e. The van der Waals surface area contributed by atoms with Gasteiger partial charge in [-0.3, -0.25) is 14.9 Å². The number of imide groups is 1. The molecule has 4 amide bonds. The van der Waals surface area contributed by atoms with Crippen LogP contribution in [0.4, 0.5) is 10.5 Å². The van der Waals surface area contributed by atoms with E-state index in [-0.39, 0.29) is 24.7 Å². The molecule has 1 unspecified atom stereocenters. The number of amides is 4. The monoisotopic (exact) mass is 383 g/mol. The molecule has 140 valence electrons. The minimum Gasteiger partial charge on any atom is -0.326 e. The molecule has 0 saturated carbocycles. The van der Waals surface area contributed by atoms with Gasteiger partial charge >= 0.3 is 6.03 Å². The van der Waals surface area contributed by atoms with Crippen molar-refractivity contribution in [3.63, 3.8) is 0 Å². The molecule has 7 heteroatoms. The fourth-order valence-corrected chi connectivity index (χ4v) is 3.71. The summed E-state index contributed by atoms with van der Waals surface area (Å²) in [6.07, 6.45) is 0.418. The van der Waals surface area contributed by atoms with Crippen LogP contribution >= 0.6 is 11.8 Å². The molecule has 2 aromatic carbocycles. The number of urea groups is 1. The molecule has 3 N–H and O–H groups in total. The van der Waals surface area contributed by atoms with Crippen LogP contribution in [-0.4, -0.2) is 23.9 Å². The van der Waals surface area contributed by atoms with Gasteiger partial charge in [-0.25, -0.2) is 4.79 Å². The van der Waals surface area contributed by atoms with Crippen LogP contribution < -0.4 is 16.0 Å². The summed E-state index contributed by atoms with van der Waals surface area (Å²) in [4.78, 5) is 36.9. The van der Waals surface area contributed by atoms with Gasteiger partial charge in [0.25, 0.3) is 5.91 Å². The molecule has 0 radical (unpaired) electrons. The van der Waals surface area contributed by atoms with Crippen molar-refractivity contribution in [1.29, 1.82) is 0 Å². The maximum Gasteiger partial charge on any atom is 0.322 e. The van der Waals surface area contributed by atoms with Crippen LogP contribution in [0.3, 0.4) is 0 Å². The van der Waals surface area contributed by atoms with Crippen molar-refractivity contribution < 1.29 is 14.4 Å². The van der Waals surface area contributed by atoms with Crippen molar-refractivity contribution in [2.75, 3.05) is 5.32 Å². The lowest BCUT2D eigenvalue weighted by Crippen LogP contribution is -2.30. The van der Waals surface area contributed by atoms with E-state index in [0.29, 0.717) is 5.69 Å². The molecule has 1 fully saturated rings. The molecule has 0 bridgehead atoms. The highest BCUT2D eigenvalue weighted by atomic mass is 32.2. The average Bonchev–Trinajstić information content (AvgIpc) is 2.95. The molecule has 1 aliphatic rings. The van der Waals surface area contributed by atoms with Crippen molar-refractivity contribution in [3.8, 4) is 0 Å². The number of nitrogens with one attached hydrogen (secondary N) is 3. The number of anilines is 1. The summed E-state index contributed by atoms with van der Waals surface area (Å²) in [5.74, 6) is -0.584. The Hall–Kier alpha value is -2.80. The second-order valence-electron chi connectivity index (χ2n) is 6.50. The Bertz CT molecular complexity index is 881. The molecule has 1 saturated heterocycles. The van der Waals surface area contributed by atoms with Gasteiger partial charge in [-0.05, 0) is 61.7 Å². The first-order valence-electron chi connectivity index (χ1n) is 8.67. The maximum absolute atomic E-state index is 12.1. The summed E-state index contributed by atoms with van der Waals surface area (Å²) in [6.45, 7) is 4.16. The second-order valence-corrected chi connectivity index (χ2v) is 7.61. The van der Waals surface area contributed by atoms with E-state index < -0.39 is 12.1 Å². The van der Waals surface area contributed by atoms with Crippen molar-refractivity contribution in [1.82, 2.24) is 10.6 Å². The molecule has 3 rings (SSSR count). The molecule has 0 aliphatic carbocycles. The second kappa shape index (κ2) is 8.26. The minimum absolute atomic E-state index is 0.150. The van der Waals surface area contributed by atoms with E-state index in [4.69, 9.17) is 0 Å². The normalized spacial score (nSPS) is 16.0. The van der Waals surface area contributed by atoms with Crippen molar-refractivity contribution in [3.05, 3.63) is 53.6 Å². The van der Waals surface area contributed by atoms with E-state index in [9.17, 15) is 14.4 Å². The summed E-state index contributed by atoms with van der Waals surface area (Å²) < 4.78 is 0. The van der Waals surface area contributed by atoms with E-state index in [1.807, 2.05) is 24.3 Å². The number of aryl methyl sites for hydroxylation is 2. The quantitative estimate of drug-likeness (QED) is 0.668. The van der Waals surface area contributed by atoms with E-state index in [0.717, 1.165) is 4.90 Å². The Morgan fingerprint density at radius 1 is 1.11 bits per heavy atom. The van der Waals surface area contributed by atoms with Crippen LogP contribution in [0.25, 0.3) is 0 Å². The number of carbonyl (C=O) groups is 3. The van der Waals surface area contributed by atoms with Gasteiger partial charge in [0.1, 0.15) is 6.04 Å². The molecule has 0 spiro atoms. The molecule has 6 nitrogen and oxygen atoms in total. The molecule has 27 heavy (non-hydrogen) atoms. The number of hydrogen-bond acceptors (Lipinski definition) is 4. The van der Waals surface area contributed by atoms with Gasteiger partial charge in [0, 0.05) is 21.9 Å². The summed E-state index contributed by atoms with van der Waals surface area (Å²) in [7, 11) is 0. The van der Waals surface area contributed by atoms with Gasteiger partial charge in [0.05, 0.1) is 0 Å². The van der Waals surface area contributed by atoms with Gasteiger partial charge in [-0.1, -0.05) is 23.9 Å². The van der Waals surface area contributed by atoms with E-state index >= 15 is 0 Å². The summed E-state index contributed by atoms with van der Waals surface area (Å²) in [5, 5.41) is 7.44. The van der Waals surface area contributed by atoms with E-state index in [2.05, 4.69) is 48.0 Å². The van der Waals surface area contributed by atoms with E-state index in [1.165, 1.54) is 16.0 Å². The van der Waals surface area contributed by atoms with Crippen LogP contribution in [0.15, 0.2) is 52.3 Å². The van der Waals surface area contributed by atoms with Gasteiger partial charge in [-0.2, -0.15) is 0 Å². The predicted octanol–water partition coefficient (Wildman–Crippen LogP) is 3.38. The fraction of sp³-hybridized carbons (Fsp3) is 0.250. The Labute approximate surface area is 162 Å². The first-order valence-corrected chi connectivity index (χ1v) is 9.49. The van der Waals surface area contributed by atoms with Crippen molar-refractivity contribution >= 4 is 35.3 Å². The Morgan fingerprint density at radius 3 is 2.52 bits per heavy atom. The third-order valence-corrected chi connectivity index (χ3v) is 5.40. The zero-order valence-electron chi connectivity index (χ0n) is 15.2. The van der Waals surface area contributed by atoms with Gasteiger partial charge in [0.2, 0.25) is 5.91 Å². The molecule has 1 heterocycles. The Kier molecular flexibility index (Phi) is 5.81. The van der Waals surface area contributed by atoms with Crippen molar-refractivity contribution in [2.24, 2.45) is 0 Å². The number of rotatable bonds is 6. The standard InChI is InChI=1S/C20H21N3O3S/c1-12-3-4-13(2)17(11-12)27-15-7-5-14(6-8-15)21-18(24)10-9-16-19(25)23-20(26)22-16/h3-8,11,16H,9-10H2,1-2H3,(H,21,24)(H2,22,23,25,26). The lowest BCUT2D eigenvalue weighted by Gasteiger charge is -2.10. The van der Waals surface area contributed by atoms with Gasteiger partial charge in [-0.15, -0.1) is 0 Å². The van der Waals surface area contributed by atoms with Crippen LogP contribution in [-0.2, 0) is 9.59 Å². The third kappa shape index (κ3) is 5.10. The summed E-state index contributed by atoms with van der Waals surface area (Å²) >= 11 is 1.69. The van der Waals surface area contributed by atoms with Gasteiger partial charge in [0.15, 0.2) is 0 Å². The Balaban J connectivity index is 1.52. The summed E-state index contributed by atoms with van der Waals surface area (Å²) in [6, 6.07) is 12.9. The average molecular weight is 383 g/mol. The highest BCUT2D eigenvalue weighted by molar-refractivity contribution is 7.99. The van der Waals surface area contributed by atoms with Crippen molar-refractivity contribution in [2.45, 2.75) is 42.5 Å². The zero-order chi connectivity index (χ0) is 19.4. The molecular formula is C20H21N3O3S. The molecule has 0 aromatic heterocycles. The largest absolute Gasteiger partial charge is 0.326 e. The van der Waals surface area contributed by atoms with Gasteiger partial charge < -0.3 is 10.6 Å². The first-order chi connectivity index (χ1) is 12.9. The predicted molar refractivity (Wildman–Crippen MR) is 105 cm³/mol. The maximum atomic E-state index is 12.1.